The number of rotatable bonds is 6. The van der Waals surface area contributed by atoms with E-state index in [1.54, 1.807) is 0 Å². The zero-order chi connectivity index (χ0) is 9.56. The molecule has 4 N–H and O–H groups in total. The Morgan fingerprint density at radius 1 is 1.00 bits per heavy atom. The molecule has 0 amide bonds. The molecule has 3 nitrogen and oxygen atoms in total. The lowest BCUT2D eigenvalue weighted by molar-refractivity contribution is 0.309. The first-order chi connectivity index (χ1) is 5.52. The van der Waals surface area contributed by atoms with E-state index in [2.05, 4.69) is 11.9 Å². The van der Waals surface area contributed by atoms with E-state index in [-0.39, 0.29) is 0 Å². The van der Waals surface area contributed by atoms with E-state index < -0.39 is 0 Å². The SMILES string of the molecule is CC(N)CCN(C)CCC(C)N. The maximum atomic E-state index is 5.65. The summed E-state index contributed by atoms with van der Waals surface area (Å²) in [7, 11) is 2.12. The molecule has 0 radical (unpaired) electrons. The monoisotopic (exact) mass is 173 g/mol. The van der Waals surface area contributed by atoms with Gasteiger partial charge in [0.2, 0.25) is 0 Å². The molecule has 0 aliphatic carbocycles. The van der Waals surface area contributed by atoms with Crippen molar-refractivity contribution < 1.29 is 0 Å². The van der Waals surface area contributed by atoms with E-state index in [1.807, 2.05) is 13.8 Å². The Morgan fingerprint density at radius 3 is 1.58 bits per heavy atom. The Labute approximate surface area is 76.1 Å². The molecular formula is C9H23N3. The Hall–Kier alpha value is -0.120. The Morgan fingerprint density at radius 2 is 1.33 bits per heavy atom. The molecule has 0 fully saturated rings. The highest BCUT2D eigenvalue weighted by atomic mass is 15.1. The molecule has 74 valence electrons. The summed E-state index contributed by atoms with van der Waals surface area (Å²) in [5.41, 5.74) is 11.3. The summed E-state index contributed by atoms with van der Waals surface area (Å²) in [4.78, 5) is 2.28. The van der Waals surface area contributed by atoms with E-state index in [0.29, 0.717) is 12.1 Å². The van der Waals surface area contributed by atoms with Gasteiger partial charge < -0.3 is 16.4 Å². The van der Waals surface area contributed by atoms with Gasteiger partial charge in [0, 0.05) is 12.1 Å². The van der Waals surface area contributed by atoms with Crippen LogP contribution in [-0.4, -0.2) is 37.1 Å². The van der Waals surface area contributed by atoms with Crippen LogP contribution in [0.1, 0.15) is 26.7 Å². The molecule has 0 aromatic heterocycles. The Balaban J connectivity index is 3.27. The number of nitrogens with zero attached hydrogens (tertiary/aromatic N) is 1. The summed E-state index contributed by atoms with van der Waals surface area (Å²) in [5.74, 6) is 0. The van der Waals surface area contributed by atoms with Crippen molar-refractivity contribution in [2.75, 3.05) is 20.1 Å². The molecule has 0 saturated carbocycles. The molecular weight excluding hydrogens is 150 g/mol. The second kappa shape index (κ2) is 6.40. The second-order valence-corrected chi connectivity index (χ2v) is 3.84. The molecule has 0 heterocycles. The molecule has 2 atom stereocenters. The van der Waals surface area contributed by atoms with Crippen molar-refractivity contribution in [3.8, 4) is 0 Å². The minimum absolute atomic E-state index is 0.308. The summed E-state index contributed by atoms with van der Waals surface area (Å²) in [6.07, 6.45) is 2.13. The van der Waals surface area contributed by atoms with Gasteiger partial charge in [-0.1, -0.05) is 0 Å². The summed E-state index contributed by atoms with van der Waals surface area (Å²) in [6.45, 7) is 6.23. The van der Waals surface area contributed by atoms with Crippen molar-refractivity contribution in [3.63, 3.8) is 0 Å². The van der Waals surface area contributed by atoms with Gasteiger partial charge in [-0.3, -0.25) is 0 Å². The molecule has 3 heteroatoms. The Bertz CT molecular complexity index is 89.9. The van der Waals surface area contributed by atoms with Crippen LogP contribution in [0.25, 0.3) is 0 Å². The molecule has 0 aliphatic heterocycles. The largest absolute Gasteiger partial charge is 0.328 e. The molecule has 0 aliphatic rings. The minimum Gasteiger partial charge on any atom is -0.328 e. The lowest BCUT2D eigenvalue weighted by atomic mass is 10.2. The molecule has 0 saturated heterocycles. The molecule has 0 aromatic carbocycles. The van der Waals surface area contributed by atoms with Gasteiger partial charge in [0.05, 0.1) is 0 Å². The van der Waals surface area contributed by atoms with Gasteiger partial charge in [-0.05, 0) is 46.8 Å². The van der Waals surface area contributed by atoms with Gasteiger partial charge in [-0.15, -0.1) is 0 Å². The first kappa shape index (κ1) is 11.9. The highest BCUT2D eigenvalue weighted by molar-refractivity contribution is 4.61. The van der Waals surface area contributed by atoms with E-state index in [1.165, 1.54) is 0 Å². The van der Waals surface area contributed by atoms with Gasteiger partial charge >= 0.3 is 0 Å². The van der Waals surface area contributed by atoms with E-state index in [0.717, 1.165) is 25.9 Å². The summed E-state index contributed by atoms with van der Waals surface area (Å²) in [6, 6.07) is 0.616. The molecule has 0 bridgehead atoms. The third-order valence-corrected chi connectivity index (χ3v) is 1.93. The van der Waals surface area contributed by atoms with Crippen molar-refractivity contribution in [2.45, 2.75) is 38.8 Å². The molecule has 0 spiro atoms. The number of hydrogen-bond donors (Lipinski definition) is 2. The van der Waals surface area contributed by atoms with Crippen molar-refractivity contribution in [1.82, 2.24) is 4.90 Å². The first-order valence-electron chi connectivity index (χ1n) is 4.72. The van der Waals surface area contributed by atoms with Crippen LogP contribution in [0.4, 0.5) is 0 Å². The van der Waals surface area contributed by atoms with Crippen molar-refractivity contribution in [1.29, 1.82) is 0 Å². The van der Waals surface area contributed by atoms with Crippen LogP contribution >= 0.6 is 0 Å². The van der Waals surface area contributed by atoms with Gasteiger partial charge in [-0.2, -0.15) is 0 Å². The lowest BCUT2D eigenvalue weighted by Crippen LogP contribution is -2.29. The van der Waals surface area contributed by atoms with Crippen LogP contribution in [0.5, 0.6) is 0 Å². The second-order valence-electron chi connectivity index (χ2n) is 3.84. The smallest absolute Gasteiger partial charge is 0.00226 e. The van der Waals surface area contributed by atoms with Crippen LogP contribution in [0, 0.1) is 0 Å². The van der Waals surface area contributed by atoms with Crippen molar-refractivity contribution >= 4 is 0 Å². The maximum absolute atomic E-state index is 5.65. The third kappa shape index (κ3) is 7.98. The third-order valence-electron chi connectivity index (χ3n) is 1.93. The van der Waals surface area contributed by atoms with Crippen molar-refractivity contribution in [3.05, 3.63) is 0 Å². The lowest BCUT2D eigenvalue weighted by Gasteiger charge is -2.18. The van der Waals surface area contributed by atoms with E-state index >= 15 is 0 Å². The maximum Gasteiger partial charge on any atom is 0.00226 e. The van der Waals surface area contributed by atoms with Crippen LogP contribution in [0.3, 0.4) is 0 Å². The molecule has 0 rings (SSSR count). The first-order valence-corrected chi connectivity index (χ1v) is 4.72. The highest BCUT2D eigenvalue weighted by Crippen LogP contribution is 1.94. The fraction of sp³-hybridized carbons (Fsp3) is 1.00. The predicted octanol–water partition coefficient (Wildman–Crippen LogP) is 0.393. The van der Waals surface area contributed by atoms with Crippen LogP contribution in [0.15, 0.2) is 0 Å². The normalized spacial score (nSPS) is 16.5. The standard InChI is InChI=1S/C9H23N3/c1-8(10)4-6-12(3)7-5-9(2)11/h8-9H,4-7,10-11H2,1-3H3. The van der Waals surface area contributed by atoms with Crippen LogP contribution < -0.4 is 11.5 Å². The molecule has 0 aromatic rings. The number of hydrogen-bond acceptors (Lipinski definition) is 3. The van der Waals surface area contributed by atoms with E-state index in [9.17, 15) is 0 Å². The predicted molar refractivity (Wildman–Crippen MR) is 54.0 cm³/mol. The van der Waals surface area contributed by atoms with Gasteiger partial charge in [0.15, 0.2) is 0 Å². The summed E-state index contributed by atoms with van der Waals surface area (Å²) >= 11 is 0. The van der Waals surface area contributed by atoms with Gasteiger partial charge in [-0.25, -0.2) is 0 Å². The average Bonchev–Trinajstić information content (AvgIpc) is 1.96. The van der Waals surface area contributed by atoms with Gasteiger partial charge in [0.25, 0.3) is 0 Å². The molecule has 12 heavy (non-hydrogen) atoms. The van der Waals surface area contributed by atoms with E-state index in [4.69, 9.17) is 11.5 Å². The fourth-order valence-corrected chi connectivity index (χ4v) is 0.960. The summed E-state index contributed by atoms with van der Waals surface area (Å²) in [5, 5.41) is 0. The Kier molecular flexibility index (Phi) is 6.34. The van der Waals surface area contributed by atoms with Gasteiger partial charge in [0.1, 0.15) is 0 Å². The number of nitrogens with two attached hydrogens (primary N) is 2. The van der Waals surface area contributed by atoms with Crippen LogP contribution in [-0.2, 0) is 0 Å². The topological polar surface area (TPSA) is 55.3 Å². The zero-order valence-electron chi connectivity index (χ0n) is 8.59. The highest BCUT2D eigenvalue weighted by Gasteiger charge is 2.01. The quantitative estimate of drug-likeness (QED) is 0.611. The molecule has 2 unspecified atom stereocenters. The summed E-state index contributed by atoms with van der Waals surface area (Å²) < 4.78 is 0. The average molecular weight is 173 g/mol. The van der Waals surface area contributed by atoms with Crippen LogP contribution in [0.2, 0.25) is 0 Å². The van der Waals surface area contributed by atoms with Crippen molar-refractivity contribution in [2.24, 2.45) is 11.5 Å². The minimum atomic E-state index is 0.308. The zero-order valence-corrected chi connectivity index (χ0v) is 8.59. The fourth-order valence-electron chi connectivity index (χ4n) is 0.960.